The Kier molecular flexibility index (Phi) is 9.66. The molecule has 4 rings (SSSR count). The van der Waals surface area contributed by atoms with Gasteiger partial charge in [-0.05, 0) is 33.0 Å². The minimum Gasteiger partial charge on any atom is -0.385 e. The Morgan fingerprint density at radius 1 is 0.878 bits per heavy atom. The maximum Gasteiger partial charge on any atom is 0.324 e. The lowest BCUT2D eigenvalue weighted by Crippen LogP contribution is -2.67. The summed E-state index contributed by atoms with van der Waals surface area (Å²) in [5.41, 5.74) is 23.9. The Morgan fingerprint density at radius 2 is 1.54 bits per heavy atom. The Bertz CT molecular complexity index is 1230. The first-order valence-corrected chi connectivity index (χ1v) is 13.8. The van der Waals surface area contributed by atoms with Crippen LogP contribution in [0.4, 0.5) is 21.1 Å². The first-order valence-electron chi connectivity index (χ1n) is 13.8. The second-order valence-corrected chi connectivity index (χ2v) is 10.2. The van der Waals surface area contributed by atoms with Crippen LogP contribution in [-0.4, -0.2) is 91.5 Å². The number of unbranched alkanes of at least 4 members (excludes halogenated alkanes) is 3. The zero-order chi connectivity index (χ0) is 29.7. The molecule has 3 aliphatic heterocycles. The SMILES string of the molecule is CNC1NC(=O)C2=C(N1)N(CCN(CCCCCCN)CCN1C(=O)NC(N)c3c1cc(N)[nH]c3=O)C(=O)NC2N. The smallest absolute Gasteiger partial charge is 0.324 e. The average Bonchev–Trinajstić information content (AvgIpc) is 2.90. The summed E-state index contributed by atoms with van der Waals surface area (Å²) < 4.78 is 0. The molecule has 0 aliphatic carbocycles. The molecule has 3 aliphatic rings. The zero-order valence-corrected chi connectivity index (χ0v) is 23.2. The molecule has 14 N–H and O–H groups in total. The van der Waals surface area contributed by atoms with Gasteiger partial charge in [-0.25, -0.2) is 9.59 Å². The molecular weight excluding hydrogens is 534 g/mol. The third-order valence-corrected chi connectivity index (χ3v) is 7.35. The molecule has 3 unspecified atom stereocenters. The van der Waals surface area contributed by atoms with Gasteiger partial charge in [0.05, 0.1) is 16.8 Å². The molecule has 0 saturated heterocycles. The highest BCUT2D eigenvalue weighted by Crippen LogP contribution is 2.27. The molecule has 0 saturated carbocycles. The number of H-pyrrole nitrogens is 1. The molecule has 0 fully saturated rings. The van der Waals surface area contributed by atoms with Gasteiger partial charge in [0.15, 0.2) is 6.29 Å². The Balaban J connectivity index is 1.50. The van der Waals surface area contributed by atoms with Crippen molar-refractivity contribution in [3.63, 3.8) is 0 Å². The summed E-state index contributed by atoms with van der Waals surface area (Å²) >= 11 is 0. The van der Waals surface area contributed by atoms with Crippen LogP contribution in [0.3, 0.4) is 0 Å². The molecule has 3 atom stereocenters. The zero-order valence-electron chi connectivity index (χ0n) is 23.2. The number of aromatic nitrogens is 1. The normalized spacial score (nSPS) is 22.2. The van der Waals surface area contributed by atoms with Crippen molar-refractivity contribution in [2.75, 3.05) is 56.9 Å². The maximum atomic E-state index is 12.9. The van der Waals surface area contributed by atoms with Crippen LogP contribution in [0.25, 0.3) is 0 Å². The summed E-state index contributed by atoms with van der Waals surface area (Å²) in [6, 6.07) is 0.664. The lowest BCUT2D eigenvalue weighted by atomic mass is 10.1. The van der Waals surface area contributed by atoms with Gasteiger partial charge in [-0.3, -0.25) is 29.6 Å². The van der Waals surface area contributed by atoms with Crippen LogP contribution in [-0.2, 0) is 4.79 Å². The molecule has 1 aromatic heterocycles. The molecule has 0 radical (unpaired) electrons. The van der Waals surface area contributed by atoms with Crippen LogP contribution >= 0.6 is 0 Å². The van der Waals surface area contributed by atoms with Gasteiger partial charge >= 0.3 is 12.1 Å². The van der Waals surface area contributed by atoms with E-state index in [1.54, 1.807) is 7.05 Å². The third kappa shape index (κ3) is 6.71. The fraction of sp³-hybridized carbons (Fsp3) is 0.583. The number of carbonyl (C=O) groups excluding carboxylic acids is 3. The summed E-state index contributed by atoms with van der Waals surface area (Å²) in [5, 5.41) is 14.0. The number of rotatable bonds is 13. The molecular formula is C24H41N13O4. The molecule has 0 spiro atoms. The van der Waals surface area contributed by atoms with Crippen molar-refractivity contribution in [3.8, 4) is 0 Å². The maximum absolute atomic E-state index is 12.9. The van der Waals surface area contributed by atoms with E-state index >= 15 is 0 Å². The Labute approximate surface area is 237 Å². The van der Waals surface area contributed by atoms with E-state index < -0.39 is 36.2 Å². The third-order valence-electron chi connectivity index (χ3n) is 7.35. The van der Waals surface area contributed by atoms with Crippen molar-refractivity contribution >= 4 is 29.5 Å². The average molecular weight is 576 g/mol. The van der Waals surface area contributed by atoms with Crippen molar-refractivity contribution in [2.45, 2.75) is 44.3 Å². The number of nitrogens with two attached hydrogens (primary N) is 4. The van der Waals surface area contributed by atoms with E-state index in [-0.39, 0.29) is 36.0 Å². The summed E-state index contributed by atoms with van der Waals surface area (Å²) in [6.45, 7) is 2.68. The number of urea groups is 2. The van der Waals surface area contributed by atoms with E-state index in [1.165, 1.54) is 15.9 Å². The quantitative estimate of drug-likeness (QED) is 0.106. The van der Waals surface area contributed by atoms with E-state index in [9.17, 15) is 19.2 Å². The highest BCUT2D eigenvalue weighted by molar-refractivity contribution is 5.99. The van der Waals surface area contributed by atoms with E-state index in [4.69, 9.17) is 22.9 Å². The lowest BCUT2D eigenvalue weighted by Gasteiger charge is -2.41. The first kappa shape index (κ1) is 30.1. The number of nitrogens with zero attached hydrogens (tertiary/aromatic N) is 3. The molecule has 17 nitrogen and oxygen atoms in total. The second-order valence-electron chi connectivity index (χ2n) is 10.2. The van der Waals surface area contributed by atoms with Gasteiger partial charge in [0.1, 0.15) is 24.0 Å². The number of hydrogen-bond donors (Lipinski definition) is 10. The van der Waals surface area contributed by atoms with Crippen LogP contribution in [0, 0.1) is 0 Å². The van der Waals surface area contributed by atoms with Crippen LogP contribution < -0.4 is 60.0 Å². The van der Waals surface area contributed by atoms with Crippen LogP contribution in [0.15, 0.2) is 22.3 Å². The van der Waals surface area contributed by atoms with Gasteiger partial charge in [-0.15, -0.1) is 0 Å². The predicted molar refractivity (Wildman–Crippen MR) is 153 cm³/mol. The minimum absolute atomic E-state index is 0.125. The number of amides is 5. The van der Waals surface area contributed by atoms with Crippen molar-refractivity contribution in [2.24, 2.45) is 17.2 Å². The fourth-order valence-corrected chi connectivity index (χ4v) is 5.19. The molecule has 5 amide bonds. The van der Waals surface area contributed by atoms with Gasteiger partial charge in [-0.2, -0.15) is 0 Å². The van der Waals surface area contributed by atoms with Crippen molar-refractivity contribution in [1.29, 1.82) is 0 Å². The number of anilines is 2. The van der Waals surface area contributed by atoms with E-state index in [2.05, 4.69) is 36.5 Å². The molecule has 17 heteroatoms. The van der Waals surface area contributed by atoms with Crippen LogP contribution in [0.5, 0.6) is 0 Å². The van der Waals surface area contributed by atoms with E-state index in [0.717, 1.165) is 25.7 Å². The number of nitrogen functional groups attached to an aromatic ring is 1. The van der Waals surface area contributed by atoms with Crippen LogP contribution in [0.1, 0.15) is 37.4 Å². The van der Waals surface area contributed by atoms with Gasteiger partial charge in [-0.1, -0.05) is 12.8 Å². The largest absolute Gasteiger partial charge is 0.385 e. The number of fused-ring (bicyclic) bond motifs is 1. The minimum atomic E-state index is -0.954. The van der Waals surface area contributed by atoms with Gasteiger partial charge < -0.3 is 49.2 Å². The predicted octanol–water partition coefficient (Wildman–Crippen LogP) is -2.99. The van der Waals surface area contributed by atoms with Crippen molar-refractivity contribution < 1.29 is 14.4 Å². The van der Waals surface area contributed by atoms with Gasteiger partial charge in [0, 0.05) is 32.2 Å². The van der Waals surface area contributed by atoms with Crippen molar-refractivity contribution in [3.05, 3.63) is 33.4 Å². The molecule has 4 heterocycles. The van der Waals surface area contributed by atoms with Crippen LogP contribution in [0.2, 0.25) is 0 Å². The van der Waals surface area contributed by atoms with Gasteiger partial charge in [0.2, 0.25) is 0 Å². The van der Waals surface area contributed by atoms with Crippen molar-refractivity contribution in [1.82, 2.24) is 41.4 Å². The lowest BCUT2D eigenvalue weighted by molar-refractivity contribution is -0.119. The highest BCUT2D eigenvalue weighted by atomic mass is 16.2. The fourth-order valence-electron chi connectivity index (χ4n) is 5.19. The Morgan fingerprint density at radius 3 is 2.24 bits per heavy atom. The molecule has 1 aromatic rings. The number of hydrogen-bond acceptors (Lipinski definition) is 11. The number of pyridine rings is 1. The molecule has 41 heavy (non-hydrogen) atoms. The summed E-state index contributed by atoms with van der Waals surface area (Å²) in [5.74, 6) is 0.0922. The number of aromatic amines is 1. The summed E-state index contributed by atoms with van der Waals surface area (Å²) in [6.07, 6.45) is 1.32. The number of carbonyl (C=O) groups is 3. The van der Waals surface area contributed by atoms with Gasteiger partial charge in [0.25, 0.3) is 11.5 Å². The molecule has 0 aromatic carbocycles. The van der Waals surface area contributed by atoms with E-state index in [0.29, 0.717) is 37.7 Å². The molecule has 0 bridgehead atoms. The second kappa shape index (κ2) is 13.2. The summed E-state index contributed by atoms with van der Waals surface area (Å²) in [4.78, 5) is 58.6. The first-order chi connectivity index (χ1) is 19.6. The number of nitrogens with one attached hydrogen (secondary N) is 6. The summed E-state index contributed by atoms with van der Waals surface area (Å²) in [7, 11) is 1.67. The standard InChI is InChI=1S/C24H41N13O4/c1-29-22-33-19-16(21(39)34-22)18(28)32-24(41)37(19)11-9-35(7-5-3-2-4-6-25)8-10-36-13-12-14(26)30-20(38)15(13)17(27)31-23(36)40/h12,17-18,22,29,33H,2-11,25,27-28H2,1H3,(H,31,40)(H,32,41)(H,34,39)(H3,26,30,38). The monoisotopic (exact) mass is 575 g/mol. The van der Waals surface area contributed by atoms with E-state index in [1.807, 2.05) is 0 Å². The topological polar surface area (TPSA) is 258 Å². The highest BCUT2D eigenvalue weighted by Gasteiger charge is 2.39. The Hall–Kier alpha value is -3.90. The molecule has 226 valence electrons.